The van der Waals surface area contributed by atoms with Crippen molar-refractivity contribution in [1.29, 1.82) is 0 Å². The van der Waals surface area contributed by atoms with Gasteiger partial charge in [0.1, 0.15) is 5.76 Å². The second-order valence-corrected chi connectivity index (χ2v) is 6.23. The lowest BCUT2D eigenvalue weighted by atomic mass is 10.1. The monoisotopic (exact) mass is 341 g/mol. The molecule has 3 rings (SSSR count). The first kappa shape index (κ1) is 17.2. The largest absolute Gasteiger partial charge is 0.468 e. The van der Waals surface area contributed by atoms with Crippen LogP contribution in [-0.4, -0.2) is 54.3 Å². The Morgan fingerprint density at radius 3 is 2.52 bits per heavy atom. The van der Waals surface area contributed by atoms with Gasteiger partial charge in [-0.1, -0.05) is 18.2 Å². The van der Waals surface area contributed by atoms with Crippen molar-refractivity contribution in [2.24, 2.45) is 0 Å². The van der Waals surface area contributed by atoms with Crippen LogP contribution >= 0.6 is 0 Å². The number of amides is 2. The molecule has 132 valence electrons. The molecule has 1 aliphatic rings. The second kappa shape index (κ2) is 7.98. The summed E-state index contributed by atoms with van der Waals surface area (Å²) < 4.78 is 5.36. The zero-order valence-electron chi connectivity index (χ0n) is 14.4. The first-order chi connectivity index (χ1) is 12.1. The molecule has 1 saturated heterocycles. The van der Waals surface area contributed by atoms with Gasteiger partial charge in [0.2, 0.25) is 5.91 Å². The van der Waals surface area contributed by atoms with Crippen molar-refractivity contribution >= 4 is 11.8 Å². The minimum Gasteiger partial charge on any atom is -0.468 e. The molecule has 1 aromatic heterocycles. The van der Waals surface area contributed by atoms with Crippen molar-refractivity contribution in [3.8, 4) is 0 Å². The molecule has 2 aromatic rings. The highest BCUT2D eigenvalue weighted by molar-refractivity contribution is 5.97. The van der Waals surface area contributed by atoms with E-state index in [1.54, 1.807) is 17.2 Å². The first-order valence-electron chi connectivity index (χ1n) is 8.50. The molecule has 6 nitrogen and oxygen atoms in total. The summed E-state index contributed by atoms with van der Waals surface area (Å²) in [4.78, 5) is 28.6. The number of hydrogen-bond donors (Lipinski definition) is 1. The fourth-order valence-electron chi connectivity index (χ4n) is 2.97. The molecule has 1 aromatic carbocycles. The highest BCUT2D eigenvalue weighted by atomic mass is 16.3. The average Bonchev–Trinajstić information content (AvgIpc) is 3.13. The van der Waals surface area contributed by atoms with E-state index in [0.717, 1.165) is 31.0 Å². The molecule has 0 radical (unpaired) electrons. The molecule has 2 amide bonds. The summed E-state index contributed by atoms with van der Waals surface area (Å²) in [6, 6.07) is 11.2. The standard InChI is InChI=1S/C19H23N3O3/c1-15-5-2-3-7-17(15)19(24)20-13-18(23)22-10-8-21(9-11-22)14-16-6-4-12-25-16/h2-7,12H,8-11,13-14H2,1H3,(H,20,24). The third kappa shape index (κ3) is 4.48. The molecule has 1 aliphatic heterocycles. The molecule has 0 unspecified atom stereocenters. The number of rotatable bonds is 5. The van der Waals surface area contributed by atoms with Crippen molar-refractivity contribution in [3.63, 3.8) is 0 Å². The van der Waals surface area contributed by atoms with E-state index >= 15 is 0 Å². The van der Waals surface area contributed by atoms with Crippen LogP contribution in [0.2, 0.25) is 0 Å². The zero-order chi connectivity index (χ0) is 17.6. The van der Waals surface area contributed by atoms with Gasteiger partial charge < -0.3 is 14.6 Å². The summed E-state index contributed by atoms with van der Waals surface area (Å²) in [5, 5.41) is 2.73. The summed E-state index contributed by atoms with van der Waals surface area (Å²) in [7, 11) is 0. The van der Waals surface area contributed by atoms with Gasteiger partial charge in [0.25, 0.3) is 5.91 Å². The zero-order valence-corrected chi connectivity index (χ0v) is 14.4. The number of piperazine rings is 1. The maximum atomic E-state index is 12.3. The van der Waals surface area contributed by atoms with E-state index in [-0.39, 0.29) is 18.4 Å². The molecule has 6 heteroatoms. The molecular formula is C19H23N3O3. The van der Waals surface area contributed by atoms with Gasteiger partial charge in [-0.3, -0.25) is 14.5 Å². The van der Waals surface area contributed by atoms with Crippen molar-refractivity contribution in [3.05, 3.63) is 59.5 Å². The van der Waals surface area contributed by atoms with Crippen LogP contribution in [0, 0.1) is 6.92 Å². The van der Waals surface area contributed by atoms with Crippen LogP contribution in [-0.2, 0) is 11.3 Å². The number of nitrogens with one attached hydrogen (secondary N) is 1. The summed E-state index contributed by atoms with van der Waals surface area (Å²) >= 11 is 0. The summed E-state index contributed by atoms with van der Waals surface area (Å²) in [6.45, 7) is 5.62. The summed E-state index contributed by atoms with van der Waals surface area (Å²) in [5.74, 6) is 0.688. The Balaban J connectivity index is 1.43. The highest BCUT2D eigenvalue weighted by Crippen LogP contribution is 2.09. The Bertz CT molecular complexity index is 719. The second-order valence-electron chi connectivity index (χ2n) is 6.23. The Kier molecular flexibility index (Phi) is 5.50. The Morgan fingerprint density at radius 1 is 1.08 bits per heavy atom. The van der Waals surface area contributed by atoms with Crippen LogP contribution in [0.15, 0.2) is 47.1 Å². The molecule has 25 heavy (non-hydrogen) atoms. The van der Waals surface area contributed by atoms with Crippen LogP contribution in [0.25, 0.3) is 0 Å². The number of hydrogen-bond acceptors (Lipinski definition) is 4. The molecule has 1 N–H and O–H groups in total. The number of carbonyl (C=O) groups excluding carboxylic acids is 2. The van der Waals surface area contributed by atoms with Gasteiger partial charge in [-0.15, -0.1) is 0 Å². The van der Waals surface area contributed by atoms with Crippen molar-refractivity contribution in [2.45, 2.75) is 13.5 Å². The van der Waals surface area contributed by atoms with Crippen molar-refractivity contribution in [2.75, 3.05) is 32.7 Å². The number of nitrogens with zero attached hydrogens (tertiary/aromatic N) is 2. The van der Waals surface area contributed by atoms with E-state index in [1.807, 2.05) is 37.3 Å². The SMILES string of the molecule is Cc1ccccc1C(=O)NCC(=O)N1CCN(Cc2ccco2)CC1. The van der Waals surface area contributed by atoms with E-state index in [0.29, 0.717) is 18.7 Å². The third-order valence-electron chi connectivity index (χ3n) is 4.47. The Morgan fingerprint density at radius 2 is 1.84 bits per heavy atom. The minimum absolute atomic E-state index is 0.0331. The first-order valence-corrected chi connectivity index (χ1v) is 8.50. The van der Waals surface area contributed by atoms with Crippen LogP contribution < -0.4 is 5.32 Å². The average molecular weight is 341 g/mol. The van der Waals surface area contributed by atoms with Crippen LogP contribution in [0.4, 0.5) is 0 Å². The molecule has 0 saturated carbocycles. The van der Waals surface area contributed by atoms with E-state index < -0.39 is 0 Å². The number of carbonyl (C=O) groups is 2. The number of aryl methyl sites for hydroxylation is 1. The Labute approximate surface area is 147 Å². The summed E-state index contributed by atoms with van der Waals surface area (Å²) in [6.07, 6.45) is 1.67. The predicted molar refractivity (Wildman–Crippen MR) is 94.1 cm³/mol. The molecule has 1 fully saturated rings. The smallest absolute Gasteiger partial charge is 0.251 e. The molecule has 2 heterocycles. The third-order valence-corrected chi connectivity index (χ3v) is 4.47. The fraction of sp³-hybridized carbons (Fsp3) is 0.368. The van der Waals surface area contributed by atoms with Gasteiger partial charge in [0.15, 0.2) is 0 Å². The van der Waals surface area contributed by atoms with Crippen LogP contribution in [0.1, 0.15) is 21.7 Å². The summed E-state index contributed by atoms with van der Waals surface area (Å²) in [5.41, 5.74) is 1.51. The van der Waals surface area contributed by atoms with Gasteiger partial charge in [-0.2, -0.15) is 0 Å². The molecule has 0 aliphatic carbocycles. The van der Waals surface area contributed by atoms with E-state index in [9.17, 15) is 9.59 Å². The normalized spacial score (nSPS) is 15.2. The quantitative estimate of drug-likeness (QED) is 0.898. The fourth-order valence-corrected chi connectivity index (χ4v) is 2.97. The van der Waals surface area contributed by atoms with Gasteiger partial charge in [-0.25, -0.2) is 0 Å². The maximum absolute atomic E-state index is 12.3. The minimum atomic E-state index is -0.206. The topological polar surface area (TPSA) is 65.8 Å². The number of furan rings is 1. The van der Waals surface area contributed by atoms with E-state index in [2.05, 4.69) is 10.2 Å². The van der Waals surface area contributed by atoms with Gasteiger partial charge in [-0.05, 0) is 30.7 Å². The van der Waals surface area contributed by atoms with E-state index in [4.69, 9.17) is 4.42 Å². The molecule has 0 atom stereocenters. The van der Waals surface area contributed by atoms with E-state index in [1.165, 1.54) is 0 Å². The van der Waals surface area contributed by atoms with Crippen molar-refractivity contribution in [1.82, 2.24) is 15.1 Å². The molecule has 0 spiro atoms. The Hall–Kier alpha value is -2.60. The molecule has 0 bridgehead atoms. The highest BCUT2D eigenvalue weighted by Gasteiger charge is 2.22. The maximum Gasteiger partial charge on any atom is 0.251 e. The van der Waals surface area contributed by atoms with Crippen LogP contribution in [0.3, 0.4) is 0 Å². The van der Waals surface area contributed by atoms with Gasteiger partial charge in [0, 0.05) is 31.7 Å². The predicted octanol–water partition coefficient (Wildman–Crippen LogP) is 1.66. The molecular weight excluding hydrogens is 318 g/mol. The van der Waals surface area contributed by atoms with Gasteiger partial charge >= 0.3 is 0 Å². The number of benzene rings is 1. The lowest BCUT2D eigenvalue weighted by Crippen LogP contribution is -2.50. The lowest BCUT2D eigenvalue weighted by Gasteiger charge is -2.34. The lowest BCUT2D eigenvalue weighted by molar-refractivity contribution is -0.131. The van der Waals surface area contributed by atoms with Crippen LogP contribution in [0.5, 0.6) is 0 Å². The van der Waals surface area contributed by atoms with Crippen molar-refractivity contribution < 1.29 is 14.0 Å². The van der Waals surface area contributed by atoms with Gasteiger partial charge in [0.05, 0.1) is 19.4 Å².